The van der Waals surface area contributed by atoms with Gasteiger partial charge < -0.3 is 4.90 Å². The molecule has 0 fully saturated rings. The summed E-state index contributed by atoms with van der Waals surface area (Å²) in [5.41, 5.74) is 1.51. The van der Waals surface area contributed by atoms with Gasteiger partial charge in [-0.25, -0.2) is 0 Å². The van der Waals surface area contributed by atoms with Crippen molar-refractivity contribution in [3.8, 4) is 0 Å². The van der Waals surface area contributed by atoms with Crippen molar-refractivity contribution in [2.24, 2.45) is 5.92 Å². The summed E-state index contributed by atoms with van der Waals surface area (Å²) in [6.45, 7) is 6.25. The van der Waals surface area contributed by atoms with Crippen molar-refractivity contribution < 1.29 is 4.92 Å². The smallest absolute Gasteiger partial charge is 0.292 e. The lowest BCUT2D eigenvalue weighted by molar-refractivity contribution is -0.384. The summed E-state index contributed by atoms with van der Waals surface area (Å²) in [6, 6.07) is 5.38. The van der Waals surface area contributed by atoms with Gasteiger partial charge in [-0.2, -0.15) is 0 Å². The van der Waals surface area contributed by atoms with Gasteiger partial charge in [-0.3, -0.25) is 10.1 Å². The quantitative estimate of drug-likeness (QED) is 0.464. The van der Waals surface area contributed by atoms with Crippen LogP contribution in [0.3, 0.4) is 0 Å². The summed E-state index contributed by atoms with van der Waals surface area (Å²) >= 11 is 5.71. The first-order valence-corrected chi connectivity index (χ1v) is 6.48. The molecule has 0 amide bonds. The van der Waals surface area contributed by atoms with E-state index in [0.29, 0.717) is 11.6 Å². The number of hydrogen-bond acceptors (Lipinski definition) is 3. The van der Waals surface area contributed by atoms with Gasteiger partial charge in [0.2, 0.25) is 0 Å². The van der Waals surface area contributed by atoms with Gasteiger partial charge in [0, 0.05) is 25.0 Å². The van der Waals surface area contributed by atoms with E-state index in [1.807, 2.05) is 18.0 Å². The van der Waals surface area contributed by atoms with E-state index in [2.05, 4.69) is 20.8 Å². The average molecular weight is 271 g/mol. The average Bonchev–Trinajstić information content (AvgIpc) is 2.35. The Morgan fingerprint density at radius 3 is 2.44 bits per heavy atom. The van der Waals surface area contributed by atoms with Crippen LogP contribution in [-0.4, -0.2) is 18.0 Å². The third-order valence-electron chi connectivity index (χ3n) is 3.35. The number of hydrogen-bond donors (Lipinski definition) is 0. The SMILES string of the molecule is CC(C)C(C)N(C)c1ccc(CCl)cc1[N+](=O)[O-]. The van der Waals surface area contributed by atoms with Crippen molar-refractivity contribution in [2.45, 2.75) is 32.7 Å². The van der Waals surface area contributed by atoms with E-state index in [-0.39, 0.29) is 22.5 Å². The number of rotatable bonds is 5. The van der Waals surface area contributed by atoms with Crippen LogP contribution in [0.4, 0.5) is 11.4 Å². The molecule has 1 rings (SSSR count). The summed E-state index contributed by atoms with van der Waals surface area (Å²) in [6.07, 6.45) is 0. The predicted molar refractivity (Wildman–Crippen MR) is 75.4 cm³/mol. The van der Waals surface area contributed by atoms with Crippen LogP contribution in [0, 0.1) is 16.0 Å². The van der Waals surface area contributed by atoms with Crippen LogP contribution in [0.15, 0.2) is 18.2 Å². The molecule has 0 spiro atoms. The van der Waals surface area contributed by atoms with Crippen LogP contribution in [-0.2, 0) is 5.88 Å². The van der Waals surface area contributed by atoms with Crippen LogP contribution < -0.4 is 4.90 Å². The van der Waals surface area contributed by atoms with E-state index >= 15 is 0 Å². The summed E-state index contributed by atoms with van der Waals surface area (Å²) in [7, 11) is 1.88. The van der Waals surface area contributed by atoms with Crippen LogP contribution in [0.2, 0.25) is 0 Å². The Kier molecular flexibility index (Phi) is 4.96. The maximum Gasteiger partial charge on any atom is 0.292 e. The zero-order valence-corrected chi connectivity index (χ0v) is 11.9. The lowest BCUT2D eigenvalue weighted by atomic mass is 10.0. The van der Waals surface area contributed by atoms with Gasteiger partial charge in [0.1, 0.15) is 5.69 Å². The normalized spacial score (nSPS) is 12.6. The van der Waals surface area contributed by atoms with Crippen LogP contribution in [0.1, 0.15) is 26.3 Å². The predicted octanol–water partition coefficient (Wildman–Crippen LogP) is 3.81. The van der Waals surface area contributed by atoms with Gasteiger partial charge in [0.15, 0.2) is 0 Å². The van der Waals surface area contributed by atoms with Gasteiger partial charge in [-0.05, 0) is 24.5 Å². The fourth-order valence-corrected chi connectivity index (χ4v) is 1.93. The molecule has 0 aliphatic heterocycles. The lowest BCUT2D eigenvalue weighted by Crippen LogP contribution is -2.33. The van der Waals surface area contributed by atoms with Crippen LogP contribution in [0.25, 0.3) is 0 Å². The molecule has 18 heavy (non-hydrogen) atoms. The second-order valence-electron chi connectivity index (χ2n) is 4.81. The van der Waals surface area contributed by atoms with Gasteiger partial charge in [0.25, 0.3) is 5.69 Å². The molecule has 5 heteroatoms. The Hall–Kier alpha value is -1.29. The van der Waals surface area contributed by atoms with Crippen molar-refractivity contribution in [1.29, 1.82) is 0 Å². The highest BCUT2D eigenvalue weighted by atomic mass is 35.5. The highest BCUT2D eigenvalue weighted by Crippen LogP contribution is 2.31. The minimum absolute atomic E-state index is 0.114. The van der Waals surface area contributed by atoms with E-state index in [9.17, 15) is 10.1 Å². The first-order valence-electron chi connectivity index (χ1n) is 5.94. The number of nitrogens with zero attached hydrogens (tertiary/aromatic N) is 2. The second-order valence-corrected chi connectivity index (χ2v) is 5.08. The third kappa shape index (κ3) is 3.13. The molecular formula is C13H19ClN2O2. The Morgan fingerprint density at radius 1 is 1.39 bits per heavy atom. The van der Waals surface area contributed by atoms with E-state index in [1.165, 1.54) is 0 Å². The minimum Gasteiger partial charge on any atom is -0.366 e. The first kappa shape index (κ1) is 14.8. The van der Waals surface area contributed by atoms with Crippen molar-refractivity contribution in [2.75, 3.05) is 11.9 Å². The first-order chi connectivity index (χ1) is 8.38. The van der Waals surface area contributed by atoms with Crippen molar-refractivity contribution >= 4 is 23.0 Å². The molecule has 0 heterocycles. The lowest BCUT2D eigenvalue weighted by Gasteiger charge is -2.29. The molecule has 0 N–H and O–H groups in total. The molecule has 0 aliphatic rings. The zero-order valence-electron chi connectivity index (χ0n) is 11.2. The summed E-state index contributed by atoms with van der Waals surface area (Å²) in [4.78, 5) is 12.7. The van der Waals surface area contributed by atoms with Crippen LogP contribution >= 0.6 is 11.6 Å². The number of halogens is 1. The highest BCUT2D eigenvalue weighted by Gasteiger charge is 2.22. The second kappa shape index (κ2) is 6.05. The van der Waals surface area contributed by atoms with E-state index in [0.717, 1.165) is 5.56 Å². The van der Waals surface area contributed by atoms with E-state index < -0.39 is 0 Å². The van der Waals surface area contributed by atoms with Gasteiger partial charge in [-0.1, -0.05) is 19.9 Å². The molecule has 1 aromatic rings. The Balaban J connectivity index is 3.19. The van der Waals surface area contributed by atoms with Crippen molar-refractivity contribution in [3.05, 3.63) is 33.9 Å². The fourth-order valence-electron chi connectivity index (χ4n) is 1.76. The molecular weight excluding hydrogens is 252 g/mol. The van der Waals surface area contributed by atoms with Crippen molar-refractivity contribution in [3.63, 3.8) is 0 Å². The molecule has 4 nitrogen and oxygen atoms in total. The monoisotopic (exact) mass is 270 g/mol. The van der Waals surface area contributed by atoms with Gasteiger partial charge in [-0.15, -0.1) is 11.6 Å². The summed E-state index contributed by atoms with van der Waals surface area (Å²) in [5, 5.41) is 11.1. The molecule has 0 aliphatic carbocycles. The number of nitro groups is 1. The molecule has 1 aromatic carbocycles. The molecule has 0 aromatic heterocycles. The Bertz CT molecular complexity index is 435. The number of nitro benzene ring substituents is 1. The maximum atomic E-state index is 11.1. The third-order valence-corrected chi connectivity index (χ3v) is 3.66. The number of anilines is 1. The molecule has 1 unspecified atom stereocenters. The Morgan fingerprint density at radius 2 is 2.00 bits per heavy atom. The maximum absolute atomic E-state index is 11.1. The van der Waals surface area contributed by atoms with E-state index in [1.54, 1.807) is 12.1 Å². The summed E-state index contributed by atoms with van der Waals surface area (Å²) in [5.74, 6) is 0.701. The molecule has 0 bridgehead atoms. The van der Waals surface area contributed by atoms with Crippen LogP contribution in [0.5, 0.6) is 0 Å². The largest absolute Gasteiger partial charge is 0.366 e. The Labute approximate surface area is 113 Å². The molecule has 1 atom stereocenters. The van der Waals surface area contributed by atoms with Gasteiger partial charge in [0.05, 0.1) is 4.92 Å². The molecule has 0 saturated heterocycles. The molecule has 0 saturated carbocycles. The topological polar surface area (TPSA) is 46.4 Å². The summed E-state index contributed by atoms with van der Waals surface area (Å²) < 4.78 is 0. The minimum atomic E-state index is -0.352. The highest BCUT2D eigenvalue weighted by molar-refractivity contribution is 6.17. The molecule has 100 valence electrons. The standard InChI is InChI=1S/C13H19ClN2O2/c1-9(2)10(3)15(4)12-6-5-11(8-14)7-13(12)16(17)18/h5-7,9-10H,8H2,1-4H3. The number of alkyl halides is 1. The molecule has 0 radical (unpaired) electrons. The number of benzene rings is 1. The fraction of sp³-hybridized carbons (Fsp3) is 0.538. The zero-order chi connectivity index (χ0) is 13.9. The van der Waals surface area contributed by atoms with Gasteiger partial charge >= 0.3 is 0 Å². The van der Waals surface area contributed by atoms with E-state index in [4.69, 9.17) is 11.6 Å². The van der Waals surface area contributed by atoms with Crippen molar-refractivity contribution in [1.82, 2.24) is 0 Å².